The maximum Gasteiger partial charge on any atom is 0.263 e. The molecular weight excluding hydrogens is 320 g/mol. The molecule has 0 aliphatic heterocycles. The molecule has 0 bridgehead atoms. The first-order valence-corrected chi connectivity index (χ1v) is 8.30. The molecule has 3 aromatic heterocycles. The summed E-state index contributed by atoms with van der Waals surface area (Å²) < 4.78 is 5.18. The number of nitrogens with zero attached hydrogens (tertiary/aromatic N) is 1. The molecule has 114 valence electrons. The monoisotopic (exact) mass is 334 g/mol. The standard InChI is InChI=1S/C15H14N2O3S2/c1-15(19,12-5-2-6-20-12)9-17-13(18)11-8-16-14(22-11)10-4-3-7-21-10/h2-8,19H,9H2,1H3,(H,17,18). The number of aromatic nitrogens is 1. The van der Waals surface area contributed by atoms with Crippen LogP contribution in [0.5, 0.6) is 0 Å². The van der Waals surface area contributed by atoms with E-state index in [-0.39, 0.29) is 12.5 Å². The Morgan fingerprint density at radius 2 is 2.32 bits per heavy atom. The number of thiazole rings is 1. The minimum atomic E-state index is -1.25. The van der Waals surface area contributed by atoms with Crippen LogP contribution in [0.1, 0.15) is 22.4 Å². The lowest BCUT2D eigenvalue weighted by Gasteiger charge is -2.20. The number of furan rings is 1. The van der Waals surface area contributed by atoms with Crippen molar-refractivity contribution in [1.29, 1.82) is 0 Å². The molecule has 5 nitrogen and oxygen atoms in total. The van der Waals surface area contributed by atoms with Gasteiger partial charge >= 0.3 is 0 Å². The number of aliphatic hydroxyl groups is 1. The van der Waals surface area contributed by atoms with Crippen molar-refractivity contribution in [1.82, 2.24) is 10.3 Å². The van der Waals surface area contributed by atoms with E-state index < -0.39 is 5.60 Å². The Bertz CT molecular complexity index is 746. The van der Waals surface area contributed by atoms with Crippen LogP contribution in [0.25, 0.3) is 9.88 Å². The van der Waals surface area contributed by atoms with E-state index >= 15 is 0 Å². The van der Waals surface area contributed by atoms with Gasteiger partial charge in [-0.25, -0.2) is 4.98 Å². The number of amides is 1. The van der Waals surface area contributed by atoms with Gasteiger partial charge in [0.25, 0.3) is 5.91 Å². The van der Waals surface area contributed by atoms with Gasteiger partial charge in [0.15, 0.2) is 0 Å². The Labute approximate surface area is 135 Å². The average Bonchev–Trinajstić information content (AvgIpc) is 3.26. The molecule has 3 heterocycles. The number of carbonyl (C=O) groups excluding carboxylic acids is 1. The van der Waals surface area contributed by atoms with E-state index in [1.165, 1.54) is 17.6 Å². The van der Waals surface area contributed by atoms with Gasteiger partial charge in [-0.1, -0.05) is 6.07 Å². The first-order valence-electron chi connectivity index (χ1n) is 6.60. The van der Waals surface area contributed by atoms with E-state index in [0.717, 1.165) is 9.88 Å². The van der Waals surface area contributed by atoms with Crippen molar-refractivity contribution in [3.8, 4) is 9.88 Å². The topological polar surface area (TPSA) is 75.4 Å². The highest BCUT2D eigenvalue weighted by molar-refractivity contribution is 7.21. The molecule has 0 aliphatic carbocycles. The maximum atomic E-state index is 12.2. The van der Waals surface area contributed by atoms with Crippen molar-refractivity contribution in [2.24, 2.45) is 0 Å². The van der Waals surface area contributed by atoms with Crippen LogP contribution in [-0.2, 0) is 5.60 Å². The Morgan fingerprint density at radius 3 is 3.00 bits per heavy atom. The quantitative estimate of drug-likeness (QED) is 0.752. The molecule has 0 aliphatic rings. The lowest BCUT2D eigenvalue weighted by atomic mass is 10.0. The fourth-order valence-electron chi connectivity index (χ4n) is 1.90. The molecule has 22 heavy (non-hydrogen) atoms. The third-order valence-electron chi connectivity index (χ3n) is 3.11. The van der Waals surface area contributed by atoms with Crippen molar-refractivity contribution >= 4 is 28.6 Å². The third kappa shape index (κ3) is 3.11. The normalized spacial score (nSPS) is 13.7. The lowest BCUT2D eigenvalue weighted by Crippen LogP contribution is -2.38. The molecule has 0 saturated carbocycles. The Morgan fingerprint density at radius 1 is 1.45 bits per heavy atom. The van der Waals surface area contributed by atoms with E-state index in [1.807, 2.05) is 17.5 Å². The lowest BCUT2D eigenvalue weighted by molar-refractivity contribution is 0.0331. The van der Waals surface area contributed by atoms with E-state index in [4.69, 9.17) is 4.42 Å². The summed E-state index contributed by atoms with van der Waals surface area (Å²) in [6.07, 6.45) is 3.04. The van der Waals surface area contributed by atoms with Crippen LogP contribution in [0.2, 0.25) is 0 Å². The van der Waals surface area contributed by atoms with Crippen molar-refractivity contribution in [3.63, 3.8) is 0 Å². The number of thiophene rings is 1. The summed E-state index contributed by atoms with van der Waals surface area (Å²) in [4.78, 5) is 18.0. The Balaban J connectivity index is 1.65. The Kier molecular flexibility index (Phi) is 4.10. The zero-order valence-electron chi connectivity index (χ0n) is 11.8. The second-order valence-electron chi connectivity index (χ2n) is 4.94. The van der Waals surface area contributed by atoms with Crippen molar-refractivity contribution < 1.29 is 14.3 Å². The van der Waals surface area contributed by atoms with Crippen LogP contribution < -0.4 is 5.32 Å². The molecule has 2 N–H and O–H groups in total. The van der Waals surface area contributed by atoms with Gasteiger partial charge in [-0.15, -0.1) is 22.7 Å². The molecule has 0 aromatic carbocycles. The zero-order valence-corrected chi connectivity index (χ0v) is 13.4. The van der Waals surface area contributed by atoms with Gasteiger partial charge < -0.3 is 14.8 Å². The molecule has 0 fully saturated rings. The predicted octanol–water partition coefficient (Wildman–Crippen LogP) is 3.10. The molecule has 0 radical (unpaired) electrons. The molecule has 1 unspecified atom stereocenters. The van der Waals surface area contributed by atoms with Crippen molar-refractivity contribution in [2.45, 2.75) is 12.5 Å². The predicted molar refractivity (Wildman–Crippen MR) is 86.0 cm³/mol. The van der Waals surface area contributed by atoms with Gasteiger partial charge in [0.1, 0.15) is 21.2 Å². The minimum absolute atomic E-state index is 0.0611. The summed E-state index contributed by atoms with van der Waals surface area (Å²) in [7, 11) is 0. The zero-order chi connectivity index (χ0) is 15.6. The average molecular weight is 334 g/mol. The summed E-state index contributed by atoms with van der Waals surface area (Å²) in [5.41, 5.74) is -1.25. The van der Waals surface area contributed by atoms with Crippen molar-refractivity contribution in [2.75, 3.05) is 6.54 Å². The highest BCUT2D eigenvalue weighted by atomic mass is 32.1. The van der Waals surface area contributed by atoms with E-state index in [1.54, 1.807) is 36.6 Å². The van der Waals surface area contributed by atoms with Crippen LogP contribution in [0.15, 0.2) is 46.5 Å². The van der Waals surface area contributed by atoms with Crippen LogP contribution in [0.4, 0.5) is 0 Å². The number of hydrogen-bond donors (Lipinski definition) is 2. The van der Waals surface area contributed by atoms with Gasteiger partial charge in [0, 0.05) is 0 Å². The first kappa shape index (κ1) is 15.0. The van der Waals surface area contributed by atoms with E-state index in [0.29, 0.717) is 10.6 Å². The molecule has 1 amide bonds. The maximum absolute atomic E-state index is 12.2. The first-order chi connectivity index (χ1) is 10.6. The summed E-state index contributed by atoms with van der Waals surface area (Å²) in [6.45, 7) is 1.65. The number of rotatable bonds is 5. The molecule has 7 heteroatoms. The number of nitrogens with one attached hydrogen (secondary N) is 1. The van der Waals surface area contributed by atoms with Gasteiger partial charge in [-0.05, 0) is 30.5 Å². The second kappa shape index (κ2) is 6.04. The molecule has 0 spiro atoms. The number of carbonyl (C=O) groups is 1. The van der Waals surface area contributed by atoms with Gasteiger partial charge in [0.2, 0.25) is 0 Å². The summed E-state index contributed by atoms with van der Waals surface area (Å²) >= 11 is 2.91. The fraction of sp³-hybridized carbons (Fsp3) is 0.200. The second-order valence-corrected chi connectivity index (χ2v) is 6.92. The highest BCUT2D eigenvalue weighted by Crippen LogP contribution is 2.29. The summed E-state index contributed by atoms with van der Waals surface area (Å²) in [5, 5.41) is 15.8. The SMILES string of the molecule is CC(O)(CNC(=O)c1cnc(-c2cccs2)s1)c1ccco1. The number of hydrogen-bond acceptors (Lipinski definition) is 6. The van der Waals surface area contributed by atoms with E-state index in [9.17, 15) is 9.90 Å². The Hall–Kier alpha value is -1.96. The fourth-order valence-corrected chi connectivity index (χ4v) is 3.54. The molecule has 1 atom stereocenters. The molecule has 0 saturated heterocycles. The van der Waals surface area contributed by atoms with E-state index in [2.05, 4.69) is 10.3 Å². The van der Waals surface area contributed by atoms with Gasteiger partial charge in [-0.2, -0.15) is 0 Å². The van der Waals surface area contributed by atoms with Gasteiger partial charge in [-0.3, -0.25) is 4.79 Å². The van der Waals surface area contributed by atoms with Gasteiger partial charge in [0.05, 0.1) is 23.9 Å². The van der Waals surface area contributed by atoms with Crippen LogP contribution in [0, 0.1) is 0 Å². The van der Waals surface area contributed by atoms with Crippen LogP contribution in [0.3, 0.4) is 0 Å². The third-order valence-corrected chi connectivity index (χ3v) is 5.14. The molecule has 3 aromatic rings. The smallest absolute Gasteiger partial charge is 0.263 e. The molecular formula is C15H14N2O3S2. The minimum Gasteiger partial charge on any atom is -0.466 e. The molecule has 3 rings (SSSR count). The largest absolute Gasteiger partial charge is 0.466 e. The van der Waals surface area contributed by atoms with Crippen LogP contribution >= 0.6 is 22.7 Å². The van der Waals surface area contributed by atoms with Crippen LogP contribution in [-0.4, -0.2) is 22.5 Å². The van der Waals surface area contributed by atoms with Crippen molar-refractivity contribution in [3.05, 3.63) is 52.7 Å². The summed E-state index contributed by atoms with van der Waals surface area (Å²) in [5.74, 6) is 0.156. The summed E-state index contributed by atoms with van der Waals surface area (Å²) in [6, 6.07) is 7.28. The highest BCUT2D eigenvalue weighted by Gasteiger charge is 2.27.